The fraction of sp³-hybridized carbons (Fsp3) is 0.462. The Morgan fingerprint density at radius 1 is 1.33 bits per heavy atom. The number of rotatable bonds is 4. The quantitative estimate of drug-likeness (QED) is 0.879. The lowest BCUT2D eigenvalue weighted by atomic mass is 10.1. The molecular weight excluding hydrogens is 252 g/mol. The molecule has 0 saturated carbocycles. The number of hydrogen-bond acceptors (Lipinski definition) is 3. The van der Waals surface area contributed by atoms with E-state index in [1.54, 1.807) is 6.07 Å². The van der Waals surface area contributed by atoms with Crippen molar-refractivity contribution in [1.82, 2.24) is 5.32 Å². The molecule has 1 aliphatic heterocycles. The zero-order chi connectivity index (χ0) is 12.8. The normalized spacial score (nSPS) is 16.3. The van der Waals surface area contributed by atoms with E-state index in [0.29, 0.717) is 5.02 Å². The number of carbonyl (C=O) groups excluding carboxylic acids is 1. The number of para-hydroxylation sites is 1. The SMILES string of the molecule is O=C(CNc1ccccc1Cl)NC1CCOCC1. The summed E-state index contributed by atoms with van der Waals surface area (Å²) in [5, 5.41) is 6.63. The van der Waals surface area contributed by atoms with Crippen LogP contribution in [0, 0.1) is 0 Å². The number of amides is 1. The van der Waals surface area contributed by atoms with Gasteiger partial charge in [-0.15, -0.1) is 0 Å². The molecule has 1 aromatic carbocycles. The van der Waals surface area contributed by atoms with Gasteiger partial charge in [0.1, 0.15) is 0 Å². The van der Waals surface area contributed by atoms with Crippen LogP contribution in [0.2, 0.25) is 5.02 Å². The summed E-state index contributed by atoms with van der Waals surface area (Å²) in [6.45, 7) is 1.69. The second-order valence-electron chi connectivity index (χ2n) is 4.29. The van der Waals surface area contributed by atoms with Crippen LogP contribution in [0.5, 0.6) is 0 Å². The van der Waals surface area contributed by atoms with E-state index in [9.17, 15) is 4.79 Å². The van der Waals surface area contributed by atoms with Gasteiger partial charge in [-0.05, 0) is 25.0 Å². The molecule has 0 spiro atoms. The van der Waals surface area contributed by atoms with Gasteiger partial charge in [0.05, 0.1) is 17.3 Å². The van der Waals surface area contributed by atoms with Crippen LogP contribution in [0.4, 0.5) is 5.69 Å². The lowest BCUT2D eigenvalue weighted by molar-refractivity contribution is -0.120. The van der Waals surface area contributed by atoms with Crippen molar-refractivity contribution in [2.24, 2.45) is 0 Å². The third-order valence-corrected chi connectivity index (χ3v) is 3.23. The molecule has 0 radical (unpaired) electrons. The molecule has 18 heavy (non-hydrogen) atoms. The second-order valence-corrected chi connectivity index (χ2v) is 4.69. The lowest BCUT2D eigenvalue weighted by Crippen LogP contribution is -2.41. The van der Waals surface area contributed by atoms with E-state index in [1.165, 1.54) is 0 Å². The van der Waals surface area contributed by atoms with Crippen LogP contribution in [-0.2, 0) is 9.53 Å². The van der Waals surface area contributed by atoms with Crippen LogP contribution in [0.25, 0.3) is 0 Å². The smallest absolute Gasteiger partial charge is 0.239 e. The highest BCUT2D eigenvalue weighted by Crippen LogP contribution is 2.19. The van der Waals surface area contributed by atoms with E-state index in [4.69, 9.17) is 16.3 Å². The molecule has 1 heterocycles. The first-order chi connectivity index (χ1) is 8.75. The minimum atomic E-state index is -0.0122. The monoisotopic (exact) mass is 268 g/mol. The lowest BCUT2D eigenvalue weighted by Gasteiger charge is -2.23. The summed E-state index contributed by atoms with van der Waals surface area (Å²) in [6.07, 6.45) is 1.77. The molecular formula is C13H17ClN2O2. The summed E-state index contributed by atoms with van der Waals surface area (Å²) in [5.41, 5.74) is 0.779. The number of hydrogen-bond donors (Lipinski definition) is 2. The molecule has 2 rings (SSSR count). The van der Waals surface area contributed by atoms with Gasteiger partial charge in [-0.3, -0.25) is 4.79 Å². The standard InChI is InChI=1S/C13H17ClN2O2/c14-11-3-1-2-4-12(11)15-9-13(17)16-10-5-7-18-8-6-10/h1-4,10,15H,5-9H2,(H,16,17). The van der Waals surface area contributed by atoms with Gasteiger partial charge < -0.3 is 15.4 Å². The largest absolute Gasteiger partial charge is 0.381 e. The van der Waals surface area contributed by atoms with Crippen molar-refractivity contribution in [3.8, 4) is 0 Å². The molecule has 5 heteroatoms. The first-order valence-corrected chi connectivity index (χ1v) is 6.49. The third kappa shape index (κ3) is 3.89. The maximum Gasteiger partial charge on any atom is 0.239 e. The Morgan fingerprint density at radius 3 is 2.78 bits per heavy atom. The summed E-state index contributed by atoms with van der Waals surface area (Å²) >= 11 is 5.99. The fourth-order valence-electron chi connectivity index (χ4n) is 1.90. The Morgan fingerprint density at radius 2 is 2.06 bits per heavy atom. The summed E-state index contributed by atoms with van der Waals surface area (Å²) in [5.74, 6) is -0.0122. The summed E-state index contributed by atoms with van der Waals surface area (Å²) in [6, 6.07) is 7.61. The van der Waals surface area contributed by atoms with Gasteiger partial charge in [0.25, 0.3) is 0 Å². The highest BCUT2D eigenvalue weighted by atomic mass is 35.5. The Hall–Kier alpha value is -1.26. The van der Waals surface area contributed by atoms with Crippen LogP contribution in [0.1, 0.15) is 12.8 Å². The third-order valence-electron chi connectivity index (χ3n) is 2.90. The van der Waals surface area contributed by atoms with E-state index in [-0.39, 0.29) is 18.5 Å². The van der Waals surface area contributed by atoms with Crippen molar-refractivity contribution in [3.05, 3.63) is 29.3 Å². The minimum absolute atomic E-state index is 0.0122. The van der Waals surface area contributed by atoms with Crippen molar-refractivity contribution in [3.63, 3.8) is 0 Å². The predicted octanol–water partition coefficient (Wildman–Crippen LogP) is 2.05. The first kappa shape index (κ1) is 13.2. The highest BCUT2D eigenvalue weighted by molar-refractivity contribution is 6.33. The van der Waals surface area contributed by atoms with Gasteiger partial charge in [-0.1, -0.05) is 23.7 Å². The number of nitrogens with one attached hydrogen (secondary N) is 2. The van der Waals surface area contributed by atoms with E-state index < -0.39 is 0 Å². The van der Waals surface area contributed by atoms with Crippen molar-refractivity contribution in [1.29, 1.82) is 0 Å². The van der Waals surface area contributed by atoms with Crippen LogP contribution in [0.15, 0.2) is 24.3 Å². The van der Waals surface area contributed by atoms with Crippen molar-refractivity contribution >= 4 is 23.2 Å². The molecule has 0 aliphatic carbocycles. The van der Waals surface area contributed by atoms with Crippen LogP contribution < -0.4 is 10.6 Å². The molecule has 2 N–H and O–H groups in total. The Labute approximate surface area is 112 Å². The van der Waals surface area contributed by atoms with E-state index in [2.05, 4.69) is 10.6 Å². The zero-order valence-corrected chi connectivity index (χ0v) is 10.9. The van der Waals surface area contributed by atoms with Crippen LogP contribution in [-0.4, -0.2) is 31.7 Å². The molecule has 0 atom stereocenters. The predicted molar refractivity (Wildman–Crippen MR) is 71.9 cm³/mol. The molecule has 1 aliphatic rings. The molecule has 1 saturated heterocycles. The zero-order valence-electron chi connectivity index (χ0n) is 10.1. The average molecular weight is 269 g/mol. The molecule has 0 bridgehead atoms. The average Bonchev–Trinajstić information content (AvgIpc) is 2.39. The van der Waals surface area contributed by atoms with Gasteiger partial charge in [-0.2, -0.15) is 0 Å². The molecule has 1 amide bonds. The van der Waals surface area contributed by atoms with E-state index >= 15 is 0 Å². The van der Waals surface area contributed by atoms with Gasteiger partial charge >= 0.3 is 0 Å². The summed E-state index contributed by atoms with van der Waals surface area (Å²) in [7, 11) is 0. The molecule has 0 unspecified atom stereocenters. The molecule has 0 aromatic heterocycles. The molecule has 98 valence electrons. The maximum absolute atomic E-state index is 11.7. The maximum atomic E-state index is 11.7. The topological polar surface area (TPSA) is 50.4 Å². The van der Waals surface area contributed by atoms with Crippen molar-refractivity contribution in [2.45, 2.75) is 18.9 Å². The van der Waals surface area contributed by atoms with Gasteiger partial charge in [-0.25, -0.2) is 0 Å². The Kier molecular flexibility index (Phi) is 4.84. The molecule has 1 aromatic rings. The summed E-state index contributed by atoms with van der Waals surface area (Å²) in [4.78, 5) is 11.7. The number of ether oxygens (including phenoxy) is 1. The highest BCUT2D eigenvalue weighted by Gasteiger charge is 2.15. The minimum Gasteiger partial charge on any atom is -0.381 e. The van der Waals surface area contributed by atoms with Crippen LogP contribution >= 0.6 is 11.6 Å². The van der Waals surface area contributed by atoms with Gasteiger partial charge in [0.2, 0.25) is 5.91 Å². The first-order valence-electron chi connectivity index (χ1n) is 6.11. The number of benzene rings is 1. The Balaban J connectivity index is 1.76. The number of anilines is 1. The Bertz CT molecular complexity index is 406. The van der Waals surface area contributed by atoms with Crippen molar-refractivity contribution in [2.75, 3.05) is 25.1 Å². The van der Waals surface area contributed by atoms with E-state index in [0.717, 1.165) is 31.7 Å². The number of carbonyl (C=O) groups is 1. The second kappa shape index (κ2) is 6.61. The van der Waals surface area contributed by atoms with Gasteiger partial charge in [0.15, 0.2) is 0 Å². The van der Waals surface area contributed by atoms with Gasteiger partial charge in [0, 0.05) is 19.3 Å². The molecule has 4 nitrogen and oxygen atoms in total. The number of halogens is 1. The molecule has 1 fully saturated rings. The van der Waals surface area contributed by atoms with Crippen molar-refractivity contribution < 1.29 is 9.53 Å². The summed E-state index contributed by atoms with van der Waals surface area (Å²) < 4.78 is 5.24. The fourth-order valence-corrected chi connectivity index (χ4v) is 2.10. The van der Waals surface area contributed by atoms with E-state index in [1.807, 2.05) is 18.2 Å². The van der Waals surface area contributed by atoms with Crippen LogP contribution in [0.3, 0.4) is 0 Å².